The summed E-state index contributed by atoms with van der Waals surface area (Å²) in [6, 6.07) is 34.8. The van der Waals surface area contributed by atoms with E-state index < -0.39 is 16.1 Å². The van der Waals surface area contributed by atoms with Crippen LogP contribution in [-0.2, 0) is 20.9 Å². The summed E-state index contributed by atoms with van der Waals surface area (Å²) >= 11 is 0. The van der Waals surface area contributed by atoms with E-state index in [2.05, 4.69) is 57.7 Å². The summed E-state index contributed by atoms with van der Waals surface area (Å²) in [4.78, 5) is 37.5. The Balaban J connectivity index is 0.000000226. The summed E-state index contributed by atoms with van der Waals surface area (Å²) < 4.78 is 35.1. The Labute approximate surface area is 342 Å². The van der Waals surface area contributed by atoms with E-state index >= 15 is 0 Å². The normalized spacial score (nSPS) is 21.6. The molecule has 58 heavy (non-hydrogen) atoms. The first-order valence-electron chi connectivity index (χ1n) is 19.8. The second kappa shape index (κ2) is 20.3. The lowest BCUT2D eigenvalue weighted by atomic mass is 9.68. The summed E-state index contributed by atoms with van der Waals surface area (Å²) in [6.07, 6.45) is 8.10. The molecule has 0 unspecified atom stereocenters. The van der Waals surface area contributed by atoms with Crippen molar-refractivity contribution in [2.75, 3.05) is 40.6 Å². The van der Waals surface area contributed by atoms with Gasteiger partial charge in [0.25, 0.3) is 11.8 Å². The van der Waals surface area contributed by atoms with Gasteiger partial charge in [-0.25, -0.2) is 17.9 Å². The maximum Gasteiger partial charge on any atom is 0.328 e. The average Bonchev–Trinajstić information content (AvgIpc) is 3.25. The highest BCUT2D eigenvalue weighted by Gasteiger charge is 2.39. The van der Waals surface area contributed by atoms with Crippen molar-refractivity contribution in [3.8, 4) is 11.5 Å². The number of urea groups is 1. The number of methoxy groups -OCH3 is 2. The molecule has 0 bridgehead atoms. The van der Waals surface area contributed by atoms with Crippen LogP contribution < -0.4 is 35.5 Å². The van der Waals surface area contributed by atoms with Crippen LogP contribution in [-0.4, -0.2) is 79.0 Å². The SMILES string of the molecule is CNC1CCC(CNC(=O)c2ccccc2OC)(c2ccccc2)CC1.COc1ccccc1C(=O)NCC1(c2ccccc2)CCC(NC(=O)NS(C)(=O)=O)CC1. The van der Waals surface area contributed by atoms with Gasteiger partial charge in [0.2, 0.25) is 10.0 Å². The second-order valence-corrected chi connectivity index (χ2v) is 17.0. The number of hydrogen-bond acceptors (Lipinski definition) is 8. The molecule has 0 radical (unpaired) electrons. The third-order valence-electron chi connectivity index (χ3n) is 11.6. The zero-order valence-corrected chi connectivity index (χ0v) is 34.7. The van der Waals surface area contributed by atoms with Gasteiger partial charge in [-0.2, -0.15) is 0 Å². The molecule has 4 aromatic carbocycles. The quantitative estimate of drug-likeness (QED) is 0.108. The van der Waals surface area contributed by atoms with Crippen LogP contribution in [0, 0.1) is 0 Å². The van der Waals surface area contributed by atoms with Gasteiger partial charge in [-0.3, -0.25) is 9.59 Å². The number of benzene rings is 4. The first kappa shape index (κ1) is 43.7. The van der Waals surface area contributed by atoms with E-state index in [4.69, 9.17) is 9.47 Å². The van der Waals surface area contributed by atoms with Gasteiger partial charge in [0.1, 0.15) is 11.5 Å². The molecule has 4 amide bonds. The van der Waals surface area contributed by atoms with Gasteiger partial charge in [0.05, 0.1) is 31.6 Å². The standard InChI is InChI=1S/C23H29N3O5S.C22H28N2O2/c1-31-20-11-7-6-10-19(20)21(27)24-16-23(17-8-4-3-5-9-17)14-12-18(13-15-23)25-22(28)26-32(2,29)30;1-23-18-12-14-22(15-13-18,17-8-4-3-5-9-17)16-24-21(25)19-10-6-7-11-20(19)26-2/h3-11,18H,12-16H2,1-2H3,(H,24,27)(H2,25,26,28);3-11,18,23H,12-16H2,1-2H3,(H,24,25). The topological polar surface area (TPSA) is 164 Å². The van der Waals surface area contributed by atoms with Crippen LogP contribution in [0.5, 0.6) is 11.5 Å². The van der Waals surface area contributed by atoms with E-state index in [0.29, 0.717) is 54.6 Å². The number of carbonyl (C=O) groups excluding carboxylic acids is 3. The molecule has 6 rings (SSSR count). The van der Waals surface area contributed by atoms with Gasteiger partial charge >= 0.3 is 6.03 Å². The molecule has 310 valence electrons. The van der Waals surface area contributed by atoms with E-state index in [9.17, 15) is 22.8 Å². The van der Waals surface area contributed by atoms with Crippen molar-refractivity contribution in [2.45, 2.75) is 74.3 Å². The van der Waals surface area contributed by atoms with Crippen LogP contribution in [0.1, 0.15) is 83.2 Å². The molecule has 0 atom stereocenters. The van der Waals surface area contributed by atoms with Crippen molar-refractivity contribution in [3.63, 3.8) is 0 Å². The molecule has 2 saturated carbocycles. The molecule has 2 aliphatic rings. The van der Waals surface area contributed by atoms with E-state index in [0.717, 1.165) is 50.3 Å². The van der Waals surface area contributed by atoms with Gasteiger partial charge in [0.15, 0.2) is 0 Å². The number of para-hydroxylation sites is 2. The molecule has 5 N–H and O–H groups in total. The average molecular weight is 812 g/mol. The van der Waals surface area contributed by atoms with Gasteiger partial charge in [-0.05, 0) is 93.8 Å². The fraction of sp³-hybridized carbons (Fsp3) is 0.400. The largest absolute Gasteiger partial charge is 0.496 e. The third-order valence-corrected chi connectivity index (χ3v) is 12.1. The number of ether oxygens (including phenoxy) is 2. The van der Waals surface area contributed by atoms with Crippen LogP contribution in [0.4, 0.5) is 4.79 Å². The summed E-state index contributed by atoms with van der Waals surface area (Å²) in [7, 11) is 1.55. The molecule has 0 spiro atoms. The lowest BCUT2D eigenvalue weighted by Crippen LogP contribution is -2.49. The Morgan fingerprint density at radius 1 is 0.603 bits per heavy atom. The summed E-state index contributed by atoms with van der Waals surface area (Å²) in [5.74, 6) is 0.847. The Bertz CT molecular complexity index is 2070. The minimum absolute atomic E-state index is 0.00765. The van der Waals surface area contributed by atoms with Crippen LogP contribution in [0.25, 0.3) is 0 Å². The van der Waals surface area contributed by atoms with Crippen molar-refractivity contribution in [1.29, 1.82) is 0 Å². The Morgan fingerprint density at radius 2 is 0.983 bits per heavy atom. The van der Waals surface area contributed by atoms with Crippen molar-refractivity contribution in [1.82, 2.24) is 26.0 Å². The van der Waals surface area contributed by atoms with Gasteiger partial charge < -0.3 is 30.7 Å². The highest BCUT2D eigenvalue weighted by atomic mass is 32.2. The number of hydrogen-bond donors (Lipinski definition) is 5. The van der Waals surface area contributed by atoms with Crippen LogP contribution in [0.3, 0.4) is 0 Å². The van der Waals surface area contributed by atoms with Crippen molar-refractivity contribution in [3.05, 3.63) is 131 Å². The van der Waals surface area contributed by atoms with Crippen LogP contribution >= 0.6 is 0 Å². The lowest BCUT2D eigenvalue weighted by molar-refractivity contribution is 0.0923. The van der Waals surface area contributed by atoms with Gasteiger partial charge in [0, 0.05) is 36.0 Å². The number of amides is 4. The van der Waals surface area contributed by atoms with Crippen LogP contribution in [0.15, 0.2) is 109 Å². The predicted molar refractivity (Wildman–Crippen MR) is 227 cm³/mol. The molecular weight excluding hydrogens is 755 g/mol. The molecule has 12 nitrogen and oxygen atoms in total. The van der Waals surface area contributed by atoms with Crippen molar-refractivity contribution in [2.24, 2.45) is 0 Å². The maximum atomic E-state index is 12.9. The van der Waals surface area contributed by atoms with Crippen molar-refractivity contribution < 1.29 is 32.3 Å². The number of rotatable bonds is 13. The first-order valence-corrected chi connectivity index (χ1v) is 21.7. The summed E-state index contributed by atoms with van der Waals surface area (Å²) in [5, 5.41) is 12.4. The fourth-order valence-electron chi connectivity index (χ4n) is 8.23. The van der Waals surface area contributed by atoms with E-state index in [1.54, 1.807) is 31.4 Å². The Hall–Kier alpha value is -5.40. The fourth-order valence-corrected chi connectivity index (χ4v) is 8.63. The Kier molecular flexibility index (Phi) is 15.3. The third kappa shape index (κ3) is 11.6. The van der Waals surface area contributed by atoms with E-state index in [1.165, 1.54) is 12.7 Å². The van der Waals surface area contributed by atoms with Gasteiger partial charge in [-0.15, -0.1) is 0 Å². The summed E-state index contributed by atoms with van der Waals surface area (Å²) in [5.41, 5.74) is 3.21. The van der Waals surface area contributed by atoms with Crippen LogP contribution in [0.2, 0.25) is 0 Å². The zero-order valence-electron chi connectivity index (χ0n) is 33.9. The number of sulfonamides is 1. The highest BCUT2D eigenvalue weighted by molar-refractivity contribution is 7.89. The highest BCUT2D eigenvalue weighted by Crippen LogP contribution is 2.40. The monoisotopic (exact) mass is 811 g/mol. The molecule has 0 aliphatic heterocycles. The maximum absolute atomic E-state index is 12.9. The molecule has 4 aromatic rings. The Morgan fingerprint density at radius 3 is 1.36 bits per heavy atom. The minimum atomic E-state index is -3.61. The van der Waals surface area contributed by atoms with E-state index in [-0.39, 0.29) is 28.7 Å². The smallest absolute Gasteiger partial charge is 0.328 e. The molecule has 13 heteroatoms. The lowest BCUT2D eigenvalue weighted by Gasteiger charge is -2.41. The molecule has 0 heterocycles. The van der Waals surface area contributed by atoms with E-state index in [1.807, 2.05) is 60.3 Å². The molecule has 2 aliphatic carbocycles. The molecule has 2 fully saturated rings. The molecule has 0 aromatic heterocycles. The minimum Gasteiger partial charge on any atom is -0.496 e. The second-order valence-electron chi connectivity index (χ2n) is 15.2. The van der Waals surface area contributed by atoms with Gasteiger partial charge in [-0.1, -0.05) is 84.9 Å². The van der Waals surface area contributed by atoms with Crippen molar-refractivity contribution >= 4 is 27.9 Å². The molecule has 0 saturated heterocycles. The predicted octanol–water partition coefficient (Wildman–Crippen LogP) is 6.09. The number of carbonyl (C=O) groups is 3. The first-order chi connectivity index (χ1) is 27.9. The number of nitrogens with one attached hydrogen (secondary N) is 5. The molecular formula is C45H57N5O7S. The summed E-state index contributed by atoms with van der Waals surface area (Å²) in [6.45, 7) is 1.08. The zero-order chi connectivity index (χ0) is 41.6.